The second-order valence-electron chi connectivity index (χ2n) is 4.76. The topological polar surface area (TPSA) is 60.9 Å². The number of nitrogens with zero attached hydrogens (tertiary/aromatic N) is 2. The van der Waals surface area contributed by atoms with Crippen molar-refractivity contribution in [3.8, 4) is 0 Å². The van der Waals surface area contributed by atoms with Gasteiger partial charge in [-0.3, -0.25) is 9.36 Å². The Morgan fingerprint density at radius 3 is 2.57 bits per heavy atom. The van der Waals surface area contributed by atoms with Crippen LogP contribution in [0.2, 0.25) is 0 Å². The highest BCUT2D eigenvalue weighted by Gasteiger charge is 2.04. The Labute approximate surface area is 126 Å². The van der Waals surface area contributed by atoms with Crippen molar-refractivity contribution < 1.29 is 0 Å². The third-order valence-corrected chi connectivity index (χ3v) is 3.56. The first-order valence-electron chi connectivity index (χ1n) is 6.48. The summed E-state index contributed by atoms with van der Waals surface area (Å²) >= 11 is 4.92. The largest absolute Gasteiger partial charge is 0.389 e. The Hall–Kier alpha value is -2.53. The van der Waals surface area contributed by atoms with Crippen LogP contribution in [0.3, 0.4) is 0 Å². The van der Waals surface area contributed by atoms with Crippen LogP contribution in [0, 0.1) is 0 Å². The molecule has 0 spiro atoms. The highest BCUT2D eigenvalue weighted by molar-refractivity contribution is 7.80. The first-order chi connectivity index (χ1) is 10.1. The van der Waals surface area contributed by atoms with Gasteiger partial charge in [0, 0.05) is 5.56 Å². The minimum absolute atomic E-state index is 0.0426. The molecule has 4 nitrogen and oxygen atoms in total. The second kappa shape index (κ2) is 5.46. The maximum Gasteiger partial charge on any atom is 0.261 e. The molecule has 0 unspecified atom stereocenters. The van der Waals surface area contributed by atoms with E-state index in [-0.39, 0.29) is 5.56 Å². The van der Waals surface area contributed by atoms with Crippen LogP contribution in [0.25, 0.3) is 10.9 Å². The van der Waals surface area contributed by atoms with E-state index in [0.717, 1.165) is 11.1 Å². The predicted octanol–water partition coefficient (Wildman–Crippen LogP) is 2.08. The minimum atomic E-state index is -0.0426. The molecule has 2 aromatic carbocycles. The van der Waals surface area contributed by atoms with Crippen LogP contribution in [-0.4, -0.2) is 14.5 Å². The zero-order valence-electron chi connectivity index (χ0n) is 11.2. The molecule has 0 aliphatic heterocycles. The van der Waals surface area contributed by atoms with Gasteiger partial charge in [0.05, 0.1) is 23.8 Å². The Kier molecular flexibility index (Phi) is 3.50. The van der Waals surface area contributed by atoms with E-state index in [9.17, 15) is 4.79 Å². The van der Waals surface area contributed by atoms with E-state index >= 15 is 0 Å². The van der Waals surface area contributed by atoms with E-state index < -0.39 is 0 Å². The summed E-state index contributed by atoms with van der Waals surface area (Å²) in [5.41, 5.74) is 8.05. The van der Waals surface area contributed by atoms with Crippen LogP contribution < -0.4 is 11.3 Å². The van der Waals surface area contributed by atoms with Crippen LogP contribution in [-0.2, 0) is 6.54 Å². The molecule has 0 aliphatic rings. The summed E-state index contributed by atoms with van der Waals surface area (Å²) in [6.07, 6.45) is 1.58. The van der Waals surface area contributed by atoms with Crippen molar-refractivity contribution in [1.82, 2.24) is 9.55 Å². The third kappa shape index (κ3) is 2.68. The van der Waals surface area contributed by atoms with Crippen molar-refractivity contribution in [3.63, 3.8) is 0 Å². The molecule has 0 amide bonds. The highest BCUT2D eigenvalue weighted by atomic mass is 32.1. The van der Waals surface area contributed by atoms with Crippen molar-refractivity contribution in [2.45, 2.75) is 6.54 Å². The summed E-state index contributed by atoms with van der Waals surface area (Å²) in [7, 11) is 0. The number of nitrogens with two attached hydrogens (primary N) is 1. The smallest absolute Gasteiger partial charge is 0.261 e. The summed E-state index contributed by atoms with van der Waals surface area (Å²) < 4.78 is 1.60. The van der Waals surface area contributed by atoms with Gasteiger partial charge in [-0.2, -0.15) is 0 Å². The Balaban J connectivity index is 1.96. The fourth-order valence-corrected chi connectivity index (χ4v) is 2.33. The molecule has 3 rings (SSSR count). The lowest BCUT2D eigenvalue weighted by Crippen LogP contribution is -2.21. The average molecular weight is 295 g/mol. The first kappa shape index (κ1) is 13.5. The lowest BCUT2D eigenvalue weighted by Gasteiger charge is -2.07. The molecule has 2 N–H and O–H groups in total. The van der Waals surface area contributed by atoms with E-state index in [4.69, 9.17) is 18.0 Å². The fourth-order valence-electron chi connectivity index (χ4n) is 2.19. The number of fused-ring (bicyclic) bond motifs is 1. The van der Waals surface area contributed by atoms with Crippen molar-refractivity contribution in [2.24, 2.45) is 5.73 Å². The fraction of sp³-hybridized carbons (Fsp3) is 0.0625. The molecule has 0 atom stereocenters. The van der Waals surface area contributed by atoms with Crippen LogP contribution in [0.5, 0.6) is 0 Å². The SMILES string of the molecule is NC(=S)c1ccc(Cn2cnc3ccccc3c2=O)cc1. The molecular formula is C16H13N3OS. The van der Waals surface area contributed by atoms with Crippen LogP contribution >= 0.6 is 12.2 Å². The number of aromatic nitrogens is 2. The van der Waals surface area contributed by atoms with Gasteiger partial charge >= 0.3 is 0 Å². The summed E-state index contributed by atoms with van der Waals surface area (Å²) in [5, 5.41) is 0.625. The highest BCUT2D eigenvalue weighted by Crippen LogP contribution is 2.08. The standard InChI is InChI=1S/C16H13N3OS/c17-15(21)12-7-5-11(6-8-12)9-19-10-18-14-4-2-1-3-13(14)16(19)20/h1-8,10H,9H2,(H2,17,21). The molecule has 0 radical (unpaired) electrons. The monoisotopic (exact) mass is 295 g/mol. The molecule has 0 saturated heterocycles. The van der Waals surface area contributed by atoms with Gasteiger partial charge in [0.15, 0.2) is 0 Å². The van der Waals surface area contributed by atoms with Gasteiger partial charge in [-0.1, -0.05) is 48.6 Å². The lowest BCUT2D eigenvalue weighted by molar-refractivity contribution is 0.748. The van der Waals surface area contributed by atoms with E-state index in [2.05, 4.69) is 4.98 Å². The van der Waals surface area contributed by atoms with E-state index in [0.29, 0.717) is 22.4 Å². The van der Waals surface area contributed by atoms with Gasteiger partial charge < -0.3 is 5.73 Å². The van der Waals surface area contributed by atoms with Gasteiger partial charge in [0.25, 0.3) is 5.56 Å². The molecule has 1 heterocycles. The molecule has 0 aliphatic carbocycles. The zero-order chi connectivity index (χ0) is 14.8. The average Bonchev–Trinajstić information content (AvgIpc) is 2.51. The Bertz CT molecular complexity index is 869. The number of rotatable bonds is 3. The summed E-state index contributed by atoms with van der Waals surface area (Å²) in [6, 6.07) is 14.9. The molecule has 1 aromatic heterocycles. The quantitative estimate of drug-likeness (QED) is 0.752. The molecule has 0 bridgehead atoms. The van der Waals surface area contributed by atoms with Crippen LogP contribution in [0.15, 0.2) is 59.7 Å². The van der Waals surface area contributed by atoms with E-state index in [1.807, 2.05) is 42.5 Å². The van der Waals surface area contributed by atoms with Crippen molar-refractivity contribution in [2.75, 3.05) is 0 Å². The van der Waals surface area contributed by atoms with Crippen LogP contribution in [0.1, 0.15) is 11.1 Å². The number of hydrogen-bond acceptors (Lipinski definition) is 3. The van der Waals surface area contributed by atoms with E-state index in [1.165, 1.54) is 0 Å². The Morgan fingerprint density at radius 1 is 1.14 bits per heavy atom. The van der Waals surface area contributed by atoms with Gasteiger partial charge in [-0.25, -0.2) is 4.98 Å². The number of hydrogen-bond donors (Lipinski definition) is 1. The van der Waals surface area contributed by atoms with Crippen molar-refractivity contribution in [3.05, 3.63) is 76.3 Å². The number of para-hydroxylation sites is 1. The lowest BCUT2D eigenvalue weighted by atomic mass is 10.1. The second-order valence-corrected chi connectivity index (χ2v) is 5.20. The number of thiocarbonyl (C=S) groups is 1. The maximum absolute atomic E-state index is 12.4. The minimum Gasteiger partial charge on any atom is -0.389 e. The molecule has 0 fully saturated rings. The molecule has 0 saturated carbocycles. The molecule has 3 aromatic rings. The van der Waals surface area contributed by atoms with Gasteiger partial charge in [0.1, 0.15) is 4.99 Å². The summed E-state index contributed by atoms with van der Waals surface area (Å²) in [5.74, 6) is 0. The zero-order valence-corrected chi connectivity index (χ0v) is 12.0. The van der Waals surface area contributed by atoms with Crippen molar-refractivity contribution in [1.29, 1.82) is 0 Å². The van der Waals surface area contributed by atoms with Crippen LogP contribution in [0.4, 0.5) is 0 Å². The summed E-state index contributed by atoms with van der Waals surface area (Å²) in [4.78, 5) is 17.1. The van der Waals surface area contributed by atoms with Gasteiger partial charge in [-0.15, -0.1) is 0 Å². The summed E-state index contributed by atoms with van der Waals surface area (Å²) in [6.45, 7) is 0.467. The first-order valence-corrected chi connectivity index (χ1v) is 6.89. The molecule has 104 valence electrons. The molecule has 21 heavy (non-hydrogen) atoms. The third-order valence-electron chi connectivity index (χ3n) is 3.32. The number of benzene rings is 2. The maximum atomic E-state index is 12.4. The predicted molar refractivity (Wildman–Crippen MR) is 87.4 cm³/mol. The normalized spacial score (nSPS) is 10.7. The van der Waals surface area contributed by atoms with Gasteiger partial charge in [0.2, 0.25) is 0 Å². The van der Waals surface area contributed by atoms with E-state index in [1.54, 1.807) is 17.0 Å². The van der Waals surface area contributed by atoms with Gasteiger partial charge in [-0.05, 0) is 17.7 Å². The Morgan fingerprint density at radius 2 is 1.86 bits per heavy atom. The molecular weight excluding hydrogens is 282 g/mol. The molecule has 5 heteroatoms. The van der Waals surface area contributed by atoms with Crippen molar-refractivity contribution >= 4 is 28.1 Å².